The molecule has 39 heavy (non-hydrogen) atoms. The highest BCUT2D eigenvalue weighted by Crippen LogP contribution is 2.27. The molecule has 0 spiro atoms. The average Bonchev–Trinajstić information content (AvgIpc) is 3.47. The van der Waals surface area contributed by atoms with E-state index in [1.54, 1.807) is 43.7 Å². The van der Waals surface area contributed by atoms with Crippen molar-refractivity contribution >= 4 is 55.2 Å². The summed E-state index contributed by atoms with van der Waals surface area (Å²) in [6.07, 6.45) is 5.22. The second-order valence-corrected chi connectivity index (χ2v) is 11.7. The van der Waals surface area contributed by atoms with Gasteiger partial charge in [-0.3, -0.25) is 10.3 Å². The van der Waals surface area contributed by atoms with Crippen LogP contribution in [0.2, 0.25) is 0 Å². The van der Waals surface area contributed by atoms with Gasteiger partial charge in [0.15, 0.2) is 32.0 Å². The number of carbonyl (C=O) groups is 1. The second-order valence-electron chi connectivity index (χ2n) is 8.72. The fourth-order valence-corrected chi connectivity index (χ4v) is 5.31. The Bertz CT molecular complexity index is 1750. The van der Waals surface area contributed by atoms with Crippen LogP contribution in [-0.4, -0.2) is 61.8 Å². The van der Waals surface area contributed by atoms with Gasteiger partial charge < -0.3 is 15.0 Å². The molecule has 5 rings (SSSR count). The van der Waals surface area contributed by atoms with Crippen molar-refractivity contribution in [1.82, 2.24) is 29.5 Å². The van der Waals surface area contributed by atoms with Gasteiger partial charge in [-0.1, -0.05) is 29.5 Å². The van der Waals surface area contributed by atoms with Gasteiger partial charge in [-0.2, -0.15) is 9.97 Å². The molecule has 200 valence electrons. The number of benzene rings is 1. The van der Waals surface area contributed by atoms with Crippen molar-refractivity contribution in [3.8, 4) is 0 Å². The van der Waals surface area contributed by atoms with Crippen molar-refractivity contribution in [2.45, 2.75) is 24.8 Å². The Morgan fingerprint density at radius 1 is 1.08 bits per heavy atom. The van der Waals surface area contributed by atoms with Crippen molar-refractivity contribution < 1.29 is 18.3 Å². The maximum atomic E-state index is 11.8. The predicted octanol–water partition coefficient (Wildman–Crippen LogP) is 3.53. The van der Waals surface area contributed by atoms with Crippen LogP contribution in [0.1, 0.15) is 26.6 Å². The Morgan fingerprint density at radius 3 is 2.54 bits per heavy atom. The van der Waals surface area contributed by atoms with Gasteiger partial charge in [0.2, 0.25) is 5.95 Å². The number of thiazole rings is 1. The number of aromatic nitrogens is 6. The molecule has 0 radical (unpaired) electrons. The maximum absolute atomic E-state index is 11.8. The number of fused-ring (bicyclic) bond motifs is 1. The Hall–Kier alpha value is -4.43. The molecule has 12 nitrogen and oxygen atoms in total. The van der Waals surface area contributed by atoms with Gasteiger partial charge in [0, 0.05) is 31.1 Å². The lowest BCUT2D eigenvalue weighted by Gasteiger charge is -2.10. The van der Waals surface area contributed by atoms with E-state index in [0.717, 1.165) is 22.6 Å². The zero-order chi connectivity index (χ0) is 27.6. The Balaban J connectivity index is 1.47. The SMILES string of the molecule is Cc1nc(Nc2nc(NCCc3ccccn3)c3ncn(Cc4ccc(S(C)(=O)=O)cc4)c3n2)sc1C(=O)O. The first-order valence-electron chi connectivity index (χ1n) is 11.8. The number of pyridine rings is 1. The van der Waals surface area contributed by atoms with Crippen LogP contribution in [-0.2, 0) is 22.8 Å². The number of sulfone groups is 1. The Morgan fingerprint density at radius 2 is 1.87 bits per heavy atom. The van der Waals surface area contributed by atoms with E-state index in [9.17, 15) is 18.3 Å². The Kier molecular flexibility index (Phi) is 7.21. The van der Waals surface area contributed by atoms with Crippen molar-refractivity contribution in [3.05, 3.63) is 76.8 Å². The molecule has 0 saturated heterocycles. The molecule has 14 heteroatoms. The molecule has 5 aromatic rings. The van der Waals surface area contributed by atoms with Crippen LogP contribution in [0.5, 0.6) is 0 Å². The van der Waals surface area contributed by atoms with Gasteiger partial charge in [-0.15, -0.1) is 0 Å². The molecule has 4 aromatic heterocycles. The summed E-state index contributed by atoms with van der Waals surface area (Å²) in [4.78, 5) is 34.2. The van der Waals surface area contributed by atoms with Crippen LogP contribution in [0, 0.1) is 6.92 Å². The molecule has 0 amide bonds. The fraction of sp³-hybridized carbons (Fsp3) is 0.200. The highest BCUT2D eigenvalue weighted by molar-refractivity contribution is 7.90. The zero-order valence-corrected chi connectivity index (χ0v) is 22.6. The van der Waals surface area contributed by atoms with Crippen LogP contribution in [0.15, 0.2) is 59.9 Å². The van der Waals surface area contributed by atoms with Crippen molar-refractivity contribution in [1.29, 1.82) is 0 Å². The van der Waals surface area contributed by atoms with Gasteiger partial charge in [0.05, 0.1) is 23.5 Å². The van der Waals surface area contributed by atoms with Crippen LogP contribution < -0.4 is 10.6 Å². The third kappa shape index (κ3) is 6.02. The number of aromatic carboxylic acids is 1. The largest absolute Gasteiger partial charge is 0.477 e. The summed E-state index contributed by atoms with van der Waals surface area (Å²) in [6.45, 7) is 2.57. The molecule has 3 N–H and O–H groups in total. The monoisotopic (exact) mass is 564 g/mol. The molecule has 0 saturated carbocycles. The number of nitrogens with one attached hydrogen (secondary N) is 2. The number of hydrogen-bond donors (Lipinski definition) is 3. The van der Waals surface area contributed by atoms with Gasteiger partial charge in [-0.25, -0.2) is 23.2 Å². The van der Waals surface area contributed by atoms with E-state index in [0.29, 0.717) is 47.3 Å². The number of anilines is 3. The first-order valence-corrected chi connectivity index (χ1v) is 14.5. The highest BCUT2D eigenvalue weighted by Gasteiger charge is 2.18. The summed E-state index contributed by atoms with van der Waals surface area (Å²) >= 11 is 0.999. The smallest absolute Gasteiger partial charge is 0.347 e. The van der Waals surface area contributed by atoms with Crippen molar-refractivity contribution in [2.24, 2.45) is 0 Å². The van der Waals surface area contributed by atoms with Crippen molar-refractivity contribution in [2.75, 3.05) is 23.4 Å². The molecule has 4 heterocycles. The molecule has 0 aliphatic rings. The third-order valence-electron chi connectivity index (χ3n) is 5.78. The Labute approximate surface area is 227 Å². The highest BCUT2D eigenvalue weighted by atomic mass is 32.2. The summed E-state index contributed by atoms with van der Waals surface area (Å²) in [7, 11) is -3.30. The average molecular weight is 565 g/mol. The molecule has 0 atom stereocenters. The number of carboxylic acids is 1. The van der Waals surface area contributed by atoms with Crippen LogP contribution in [0.3, 0.4) is 0 Å². The molecule has 0 aliphatic heterocycles. The minimum Gasteiger partial charge on any atom is -0.477 e. The fourth-order valence-electron chi connectivity index (χ4n) is 3.88. The minimum absolute atomic E-state index is 0.134. The summed E-state index contributed by atoms with van der Waals surface area (Å²) in [5.41, 5.74) is 3.27. The number of aryl methyl sites for hydroxylation is 1. The molecule has 0 fully saturated rings. The summed E-state index contributed by atoms with van der Waals surface area (Å²) in [6, 6.07) is 12.4. The zero-order valence-electron chi connectivity index (χ0n) is 21.0. The predicted molar refractivity (Wildman–Crippen MR) is 148 cm³/mol. The van der Waals surface area contributed by atoms with E-state index in [-0.39, 0.29) is 15.7 Å². The second kappa shape index (κ2) is 10.7. The molecule has 0 unspecified atom stereocenters. The van der Waals surface area contributed by atoms with Crippen LogP contribution >= 0.6 is 11.3 Å². The normalized spacial score (nSPS) is 11.5. The molecular formula is C25H24N8O4S2. The summed E-state index contributed by atoms with van der Waals surface area (Å²) in [5.74, 6) is -0.328. The number of nitrogens with zero attached hydrogens (tertiary/aromatic N) is 6. The molecule has 1 aromatic carbocycles. The van der Waals surface area contributed by atoms with E-state index in [1.165, 1.54) is 6.26 Å². The minimum atomic E-state index is -3.30. The van der Waals surface area contributed by atoms with Crippen molar-refractivity contribution in [3.63, 3.8) is 0 Å². The van der Waals surface area contributed by atoms with E-state index < -0.39 is 15.8 Å². The lowest BCUT2D eigenvalue weighted by molar-refractivity contribution is 0.0701. The van der Waals surface area contributed by atoms with E-state index in [4.69, 9.17) is 0 Å². The van der Waals surface area contributed by atoms with Gasteiger partial charge in [-0.05, 0) is 36.8 Å². The van der Waals surface area contributed by atoms with E-state index in [1.807, 2.05) is 22.8 Å². The first-order chi connectivity index (χ1) is 18.7. The topological polar surface area (TPSA) is 165 Å². The van der Waals surface area contributed by atoms with Gasteiger partial charge >= 0.3 is 5.97 Å². The van der Waals surface area contributed by atoms with E-state index >= 15 is 0 Å². The van der Waals surface area contributed by atoms with Crippen LogP contribution in [0.4, 0.5) is 16.9 Å². The summed E-state index contributed by atoms with van der Waals surface area (Å²) in [5, 5.41) is 16.1. The number of imidazole rings is 1. The maximum Gasteiger partial charge on any atom is 0.347 e. The van der Waals surface area contributed by atoms with Crippen LogP contribution in [0.25, 0.3) is 11.2 Å². The number of hydrogen-bond acceptors (Lipinski definition) is 11. The third-order valence-corrected chi connectivity index (χ3v) is 7.97. The molecular weight excluding hydrogens is 540 g/mol. The summed E-state index contributed by atoms with van der Waals surface area (Å²) < 4.78 is 25.5. The standard InChI is InChI=1S/C25H24N8O4S2/c1-15-20(23(34)35)38-25(29-15)32-24-30-21(27-12-10-17-5-3-4-11-26-17)19-22(31-24)33(14-28-19)13-16-6-8-18(9-7-16)39(2,36)37/h3-9,11,14H,10,12-13H2,1-2H3,(H,34,35)(H2,27,29,30,31,32). The van der Waals surface area contributed by atoms with E-state index in [2.05, 4.69) is 35.6 Å². The van der Waals surface area contributed by atoms with Gasteiger partial charge in [0.1, 0.15) is 4.88 Å². The molecule has 0 aliphatic carbocycles. The molecule has 0 bridgehead atoms. The van der Waals surface area contributed by atoms with Gasteiger partial charge in [0.25, 0.3) is 0 Å². The lowest BCUT2D eigenvalue weighted by Crippen LogP contribution is -2.10. The lowest BCUT2D eigenvalue weighted by atomic mass is 10.2. The number of carboxylic acid groups (broad SMARTS) is 1. The quantitative estimate of drug-likeness (QED) is 0.227. The number of rotatable bonds is 10. The first kappa shape index (κ1) is 26.2.